The first kappa shape index (κ1) is 34.4. The fourth-order valence-corrected chi connectivity index (χ4v) is 9.07. The summed E-state index contributed by atoms with van der Waals surface area (Å²) >= 11 is 19.9. The number of aromatic nitrogens is 2. The maximum atomic E-state index is 17.1. The molecule has 5 atom stereocenters. The molecule has 0 radical (unpaired) electrons. The third kappa shape index (κ3) is 5.71. The van der Waals surface area contributed by atoms with Crippen LogP contribution < -0.4 is 0 Å². The van der Waals surface area contributed by atoms with E-state index in [9.17, 15) is 14.9 Å². The highest BCUT2D eigenvalue weighted by Gasteiger charge is 2.57. The second-order valence-corrected chi connectivity index (χ2v) is 16.4. The van der Waals surface area contributed by atoms with Gasteiger partial charge in [0.05, 0.1) is 46.3 Å². The maximum Gasteiger partial charge on any atom is 0.410 e. The van der Waals surface area contributed by atoms with E-state index in [1.807, 2.05) is 32.9 Å². The molecule has 2 amide bonds. The van der Waals surface area contributed by atoms with Crippen LogP contribution in [0.15, 0.2) is 30.3 Å². The summed E-state index contributed by atoms with van der Waals surface area (Å²) in [4.78, 5) is 35.0. The van der Waals surface area contributed by atoms with Crippen molar-refractivity contribution < 1.29 is 23.1 Å². The highest BCUT2D eigenvalue weighted by atomic mass is 35.5. The van der Waals surface area contributed by atoms with Crippen molar-refractivity contribution >= 4 is 68.6 Å². The minimum absolute atomic E-state index is 0.00141. The van der Waals surface area contributed by atoms with Gasteiger partial charge in [-0.05, 0) is 70.2 Å². The summed E-state index contributed by atoms with van der Waals surface area (Å²) in [6.07, 6.45) is 1.11. The van der Waals surface area contributed by atoms with Crippen LogP contribution in [0.3, 0.4) is 0 Å². The number of nitriles is 1. The number of carbonyl (C=O) groups excluding carboxylic acids is 2. The van der Waals surface area contributed by atoms with E-state index in [0.29, 0.717) is 39.7 Å². The molecular weight excluding hydrogens is 719 g/mol. The lowest BCUT2D eigenvalue weighted by Crippen LogP contribution is -2.45. The first-order valence-electron chi connectivity index (χ1n) is 17.4. The Kier molecular flexibility index (Phi) is 8.44. The highest BCUT2D eigenvalue weighted by molar-refractivity contribution is 6.43. The van der Waals surface area contributed by atoms with E-state index >= 15 is 8.78 Å². The van der Waals surface area contributed by atoms with Gasteiger partial charge in [0, 0.05) is 58.8 Å². The Hall–Kier alpha value is -3.65. The van der Waals surface area contributed by atoms with E-state index in [4.69, 9.17) is 39.5 Å². The molecule has 4 aromatic rings. The van der Waals surface area contributed by atoms with E-state index < -0.39 is 29.7 Å². The average Bonchev–Trinajstić information content (AvgIpc) is 3.36. The third-order valence-electron chi connectivity index (χ3n) is 10.8. The number of aryl methyl sites for hydroxylation is 1. The van der Waals surface area contributed by atoms with Crippen LogP contribution in [0.2, 0.25) is 15.2 Å². The van der Waals surface area contributed by atoms with E-state index in [2.05, 4.69) is 15.6 Å². The second kappa shape index (κ2) is 12.5. The zero-order valence-corrected chi connectivity index (χ0v) is 30.6. The Morgan fingerprint density at radius 2 is 1.84 bits per heavy atom. The zero-order valence-electron chi connectivity index (χ0n) is 28.4. The second-order valence-electron chi connectivity index (χ2n) is 15.3. The Morgan fingerprint density at radius 1 is 1.08 bits per heavy atom. The van der Waals surface area contributed by atoms with Gasteiger partial charge in [0.2, 0.25) is 5.91 Å². The molecule has 2 aromatic carbocycles. The summed E-state index contributed by atoms with van der Waals surface area (Å²) < 4.78 is 40.3. The van der Waals surface area contributed by atoms with Gasteiger partial charge in [-0.2, -0.15) is 5.26 Å². The smallest absolute Gasteiger partial charge is 0.410 e. The fraction of sp³-hybridized carbons (Fsp3) is 0.474. The number of ether oxygens (including phenoxy) is 1. The summed E-state index contributed by atoms with van der Waals surface area (Å²) in [5, 5.41) is 11.0. The summed E-state index contributed by atoms with van der Waals surface area (Å²) in [6.45, 7) is 5.92. The van der Waals surface area contributed by atoms with E-state index in [1.165, 1.54) is 0 Å². The molecule has 5 heterocycles. The maximum absolute atomic E-state index is 17.1. The van der Waals surface area contributed by atoms with Crippen LogP contribution in [-0.2, 0) is 16.0 Å². The van der Waals surface area contributed by atoms with Crippen molar-refractivity contribution in [2.45, 2.75) is 89.2 Å². The Labute approximate surface area is 309 Å². The van der Waals surface area contributed by atoms with Crippen molar-refractivity contribution in [3.63, 3.8) is 0 Å². The van der Waals surface area contributed by atoms with Crippen LogP contribution in [0.25, 0.3) is 32.9 Å². The number of amides is 2. The summed E-state index contributed by atoms with van der Waals surface area (Å²) in [5.41, 5.74) is 1.67. The quantitative estimate of drug-likeness (QED) is 0.183. The molecule has 266 valence electrons. The normalized spacial score (nSPS) is 24.3. The van der Waals surface area contributed by atoms with Gasteiger partial charge in [-0.15, -0.1) is 0 Å². The van der Waals surface area contributed by atoms with Crippen molar-refractivity contribution in [2.24, 2.45) is 11.8 Å². The summed E-state index contributed by atoms with van der Waals surface area (Å²) in [7, 11) is 0. The van der Waals surface area contributed by atoms with Crippen LogP contribution in [0.4, 0.5) is 13.6 Å². The van der Waals surface area contributed by atoms with Gasteiger partial charge in [-0.25, -0.2) is 18.6 Å². The Bertz CT molecular complexity index is 2170. The first-order chi connectivity index (χ1) is 24.3. The lowest BCUT2D eigenvalue weighted by atomic mass is 9.79. The largest absolute Gasteiger partial charge is 0.444 e. The molecule has 3 aliphatic heterocycles. The van der Waals surface area contributed by atoms with Crippen LogP contribution in [0.5, 0.6) is 0 Å². The topological polar surface area (TPSA) is 91.5 Å². The van der Waals surface area contributed by atoms with Crippen LogP contribution >= 0.6 is 34.8 Å². The molecule has 9 rings (SSSR count). The first-order valence-corrected chi connectivity index (χ1v) is 18.5. The van der Waals surface area contributed by atoms with Gasteiger partial charge < -0.3 is 19.1 Å². The summed E-state index contributed by atoms with van der Waals surface area (Å²) in [6, 6.07) is 9.73. The molecule has 13 heteroatoms. The standard InChI is InChI=1S/C38H36Cl3F2N5O3/c1-38(2,3)51-37(50)47-16-20-13-28(47)33(20)48-27(26-14-21(42)17-46(26)36(49)18-9-10-18)15-24-34(48)23-12-19(6-5-11-44)29(31(43)32(23)45-35(24)41)22-7-4-8-25(39)30(22)40/h4,7-8,12,15,18,20-21,26,28,33H,5-6,9-10,13-14,16-17H2,1-3H3/t20-,21+,26-,28-,33+/m1/s1. The fourth-order valence-electron chi connectivity index (χ4n) is 8.45. The van der Waals surface area contributed by atoms with Crippen molar-refractivity contribution in [2.75, 3.05) is 13.1 Å². The van der Waals surface area contributed by atoms with Gasteiger partial charge in [-0.1, -0.05) is 46.9 Å². The average molecular weight is 755 g/mol. The number of hydrogen-bond acceptors (Lipinski definition) is 5. The van der Waals surface area contributed by atoms with Gasteiger partial charge >= 0.3 is 6.09 Å². The number of carbonyl (C=O) groups is 2. The molecule has 0 spiro atoms. The van der Waals surface area contributed by atoms with Gasteiger partial charge in [0.25, 0.3) is 0 Å². The van der Waals surface area contributed by atoms with Crippen LogP contribution in [0, 0.1) is 29.0 Å². The molecule has 2 aliphatic carbocycles. The Balaban J connectivity index is 1.38. The lowest BCUT2D eigenvalue weighted by molar-refractivity contribution is -0.133. The molecule has 2 bridgehead atoms. The van der Waals surface area contributed by atoms with E-state index in [-0.39, 0.29) is 81.9 Å². The van der Waals surface area contributed by atoms with Crippen molar-refractivity contribution in [1.29, 1.82) is 5.26 Å². The van der Waals surface area contributed by atoms with Crippen molar-refractivity contribution in [3.05, 3.63) is 62.6 Å². The highest BCUT2D eigenvalue weighted by Crippen LogP contribution is 2.55. The number of halogens is 5. The predicted molar refractivity (Wildman–Crippen MR) is 192 cm³/mol. The third-order valence-corrected chi connectivity index (χ3v) is 11.9. The summed E-state index contributed by atoms with van der Waals surface area (Å²) in [5.74, 6) is -0.810. The van der Waals surface area contributed by atoms with Crippen LogP contribution in [-0.4, -0.2) is 62.3 Å². The molecule has 2 saturated carbocycles. The molecule has 0 N–H and O–H groups in total. The SMILES string of the molecule is CC(C)(C)OC(=O)N1C[C@H]2C[C@@H]1[C@H]2n1c([C@H]2C[C@H](F)CN2C(=O)C2CC2)cc2c(Cl)nc3c(F)c(-c4cccc(Cl)c4Cl)c(CCC#N)cc3c21. The molecular formula is C38H36Cl3F2N5O3. The van der Waals surface area contributed by atoms with Gasteiger partial charge in [-0.3, -0.25) is 4.79 Å². The van der Waals surface area contributed by atoms with E-state index in [0.717, 1.165) is 19.3 Å². The monoisotopic (exact) mass is 753 g/mol. The number of fused-ring (bicyclic) bond motifs is 4. The molecule has 5 fully saturated rings. The molecule has 0 unspecified atom stereocenters. The number of likely N-dealkylation sites (tertiary alicyclic amines) is 1. The van der Waals surface area contributed by atoms with Gasteiger partial charge in [0.15, 0.2) is 5.82 Å². The van der Waals surface area contributed by atoms with Crippen molar-refractivity contribution in [1.82, 2.24) is 19.4 Å². The molecule has 5 aliphatic rings. The molecule has 8 nitrogen and oxygen atoms in total. The molecule has 2 aromatic heterocycles. The Morgan fingerprint density at radius 3 is 2.55 bits per heavy atom. The molecule has 51 heavy (non-hydrogen) atoms. The van der Waals surface area contributed by atoms with Crippen molar-refractivity contribution in [3.8, 4) is 17.2 Å². The van der Waals surface area contributed by atoms with Gasteiger partial charge in [0.1, 0.15) is 22.4 Å². The number of rotatable bonds is 6. The lowest BCUT2D eigenvalue weighted by Gasteiger charge is -2.40. The predicted octanol–water partition coefficient (Wildman–Crippen LogP) is 9.61. The number of pyridine rings is 1. The number of benzene rings is 2. The molecule has 3 saturated heterocycles. The zero-order chi connectivity index (χ0) is 36.1. The minimum atomic E-state index is -1.22. The van der Waals surface area contributed by atoms with Crippen LogP contribution in [0.1, 0.15) is 76.2 Å². The van der Waals surface area contributed by atoms with E-state index in [1.54, 1.807) is 28.0 Å². The minimum Gasteiger partial charge on any atom is -0.444 e. The number of alkyl halides is 1. The number of hydrogen-bond donors (Lipinski definition) is 0. The number of nitrogens with zero attached hydrogens (tertiary/aromatic N) is 5.